The predicted octanol–water partition coefficient (Wildman–Crippen LogP) is 0.600. The maximum atomic E-state index is 12.5. The van der Waals surface area contributed by atoms with Crippen molar-refractivity contribution < 1.29 is 4.79 Å². The molecule has 0 spiro atoms. The molecule has 26 heavy (non-hydrogen) atoms. The summed E-state index contributed by atoms with van der Waals surface area (Å²) in [5.74, 6) is 0.637. The fourth-order valence-corrected chi connectivity index (χ4v) is 3.05. The second-order valence-electron chi connectivity index (χ2n) is 6.30. The van der Waals surface area contributed by atoms with Gasteiger partial charge in [0, 0.05) is 19.0 Å². The van der Waals surface area contributed by atoms with E-state index in [0.29, 0.717) is 12.8 Å². The number of aryl methyl sites for hydroxylation is 1. The van der Waals surface area contributed by atoms with Crippen LogP contribution < -0.4 is 15.8 Å². The second kappa shape index (κ2) is 6.54. The van der Waals surface area contributed by atoms with E-state index < -0.39 is 0 Å². The molecule has 1 amide bonds. The van der Waals surface area contributed by atoms with Gasteiger partial charge >= 0.3 is 0 Å². The maximum Gasteiger partial charge on any atom is 0.278 e. The molecule has 3 aromatic rings. The number of aromatic nitrogens is 6. The molecule has 1 aliphatic rings. The van der Waals surface area contributed by atoms with Gasteiger partial charge in [0.2, 0.25) is 11.9 Å². The Hall–Kier alpha value is -3.30. The van der Waals surface area contributed by atoms with E-state index in [-0.39, 0.29) is 34.5 Å². The molecule has 0 unspecified atom stereocenters. The number of nitrogens with zero attached hydrogens (tertiary/aromatic N) is 5. The lowest BCUT2D eigenvalue weighted by molar-refractivity contribution is -0.120. The summed E-state index contributed by atoms with van der Waals surface area (Å²) in [6, 6.07) is 3.87. The Labute approximate surface area is 148 Å². The van der Waals surface area contributed by atoms with E-state index in [9.17, 15) is 9.59 Å². The number of imidazole rings is 1. The zero-order valence-corrected chi connectivity index (χ0v) is 14.2. The number of carbonyl (C=O) groups excluding carboxylic acids is 1. The summed E-state index contributed by atoms with van der Waals surface area (Å²) in [6.07, 6.45) is 2.77. The summed E-state index contributed by atoms with van der Waals surface area (Å²) in [7, 11) is 0. The van der Waals surface area contributed by atoms with Gasteiger partial charge in [0.15, 0.2) is 17.0 Å². The van der Waals surface area contributed by atoms with Crippen LogP contribution in [0.4, 0.5) is 11.8 Å². The van der Waals surface area contributed by atoms with Crippen molar-refractivity contribution in [3.8, 4) is 0 Å². The number of rotatable bonds is 3. The Balaban J connectivity index is 1.40. The Kier molecular flexibility index (Phi) is 4.07. The number of aromatic amines is 2. The summed E-state index contributed by atoms with van der Waals surface area (Å²) in [5.41, 5.74) is 1.07. The zero-order chi connectivity index (χ0) is 18.1. The van der Waals surface area contributed by atoms with Gasteiger partial charge in [-0.1, -0.05) is 0 Å². The molecule has 10 nitrogen and oxygen atoms in total. The lowest BCUT2D eigenvalue weighted by atomic mass is 9.96. The van der Waals surface area contributed by atoms with Gasteiger partial charge in [0.05, 0.1) is 12.0 Å². The second-order valence-corrected chi connectivity index (χ2v) is 6.30. The highest BCUT2D eigenvalue weighted by atomic mass is 16.2. The first-order chi connectivity index (χ1) is 12.6. The third-order valence-electron chi connectivity index (χ3n) is 4.51. The smallest absolute Gasteiger partial charge is 0.278 e. The molecule has 1 saturated heterocycles. The van der Waals surface area contributed by atoms with Crippen LogP contribution in [0.25, 0.3) is 11.2 Å². The van der Waals surface area contributed by atoms with Crippen LogP contribution in [0.3, 0.4) is 0 Å². The quantitative estimate of drug-likeness (QED) is 0.627. The van der Waals surface area contributed by atoms with Crippen molar-refractivity contribution in [1.29, 1.82) is 0 Å². The third kappa shape index (κ3) is 3.13. The maximum absolute atomic E-state index is 12.5. The van der Waals surface area contributed by atoms with Gasteiger partial charge < -0.3 is 9.88 Å². The number of piperidine rings is 1. The number of H-pyrrole nitrogens is 2. The first-order valence-electron chi connectivity index (χ1n) is 8.40. The van der Waals surface area contributed by atoms with Crippen molar-refractivity contribution in [3.05, 3.63) is 34.5 Å². The first-order valence-corrected chi connectivity index (χ1v) is 8.40. The summed E-state index contributed by atoms with van der Waals surface area (Å²) >= 11 is 0. The Morgan fingerprint density at radius 3 is 2.81 bits per heavy atom. The monoisotopic (exact) mass is 354 g/mol. The van der Waals surface area contributed by atoms with Crippen LogP contribution in [0.2, 0.25) is 0 Å². The van der Waals surface area contributed by atoms with Crippen LogP contribution in [0, 0.1) is 12.8 Å². The normalized spacial score (nSPS) is 15.3. The highest BCUT2D eigenvalue weighted by molar-refractivity contribution is 5.91. The van der Waals surface area contributed by atoms with E-state index in [1.165, 1.54) is 6.33 Å². The number of amides is 1. The zero-order valence-electron chi connectivity index (χ0n) is 14.2. The molecule has 0 radical (unpaired) electrons. The van der Waals surface area contributed by atoms with Gasteiger partial charge in [-0.15, -0.1) is 5.10 Å². The highest BCUT2D eigenvalue weighted by Gasteiger charge is 2.26. The summed E-state index contributed by atoms with van der Waals surface area (Å²) in [6.45, 7) is 3.34. The molecular weight excluding hydrogens is 336 g/mol. The van der Waals surface area contributed by atoms with Crippen molar-refractivity contribution in [3.63, 3.8) is 0 Å². The Bertz CT molecular complexity index is 985. The number of nitrogens with one attached hydrogen (secondary N) is 3. The van der Waals surface area contributed by atoms with E-state index in [4.69, 9.17) is 0 Å². The third-order valence-corrected chi connectivity index (χ3v) is 4.51. The van der Waals surface area contributed by atoms with Crippen LogP contribution in [0.1, 0.15) is 18.5 Å². The van der Waals surface area contributed by atoms with E-state index >= 15 is 0 Å². The SMILES string of the molecule is Cc1ccc(N2CCC(C(=O)Nc3nc4nc[nH]c4c(=O)[nH]3)CC2)nn1. The van der Waals surface area contributed by atoms with Gasteiger partial charge in [-0.25, -0.2) is 4.98 Å². The molecule has 3 aromatic heterocycles. The number of carbonyl (C=O) groups is 1. The molecule has 3 N–H and O–H groups in total. The number of anilines is 2. The van der Waals surface area contributed by atoms with Gasteiger partial charge in [-0.2, -0.15) is 10.1 Å². The molecule has 10 heteroatoms. The lowest BCUT2D eigenvalue weighted by Gasteiger charge is -2.31. The molecule has 4 rings (SSSR count). The molecule has 0 aliphatic carbocycles. The van der Waals surface area contributed by atoms with Gasteiger partial charge in [0.25, 0.3) is 5.56 Å². The Morgan fingerprint density at radius 2 is 2.08 bits per heavy atom. The summed E-state index contributed by atoms with van der Waals surface area (Å²) < 4.78 is 0. The lowest BCUT2D eigenvalue weighted by Crippen LogP contribution is -2.39. The predicted molar refractivity (Wildman–Crippen MR) is 94.8 cm³/mol. The molecular formula is C16H18N8O2. The highest BCUT2D eigenvalue weighted by Crippen LogP contribution is 2.22. The fraction of sp³-hybridized carbons (Fsp3) is 0.375. The van der Waals surface area contributed by atoms with Crippen molar-refractivity contribution >= 4 is 28.8 Å². The molecule has 1 fully saturated rings. The van der Waals surface area contributed by atoms with Crippen LogP contribution in [-0.2, 0) is 4.79 Å². The van der Waals surface area contributed by atoms with E-state index in [1.54, 1.807) is 0 Å². The minimum atomic E-state index is -0.365. The van der Waals surface area contributed by atoms with Crippen LogP contribution in [-0.4, -0.2) is 49.1 Å². The van der Waals surface area contributed by atoms with Crippen LogP contribution in [0.5, 0.6) is 0 Å². The van der Waals surface area contributed by atoms with E-state index in [2.05, 4.69) is 40.3 Å². The fourth-order valence-electron chi connectivity index (χ4n) is 3.05. The van der Waals surface area contributed by atoms with Crippen molar-refractivity contribution in [1.82, 2.24) is 30.1 Å². The minimum absolute atomic E-state index is 0.117. The van der Waals surface area contributed by atoms with E-state index in [0.717, 1.165) is 24.6 Å². The largest absolute Gasteiger partial charge is 0.355 e. The number of fused-ring (bicyclic) bond motifs is 1. The van der Waals surface area contributed by atoms with Crippen molar-refractivity contribution in [2.24, 2.45) is 5.92 Å². The summed E-state index contributed by atoms with van der Waals surface area (Å²) in [4.78, 5) is 39.9. The molecule has 0 bridgehead atoms. The average Bonchev–Trinajstić information content (AvgIpc) is 3.12. The first kappa shape index (κ1) is 16.2. The minimum Gasteiger partial charge on any atom is -0.355 e. The molecule has 4 heterocycles. The molecule has 0 saturated carbocycles. The standard InChI is InChI=1S/C16H18N8O2/c1-9-2-3-11(23-22-9)24-6-4-10(5-7-24)14(25)20-16-19-13-12(15(26)21-16)17-8-18-13/h2-3,8,10H,4-7H2,1H3,(H3,17,18,19,20,21,25,26). The number of hydrogen-bond acceptors (Lipinski definition) is 7. The summed E-state index contributed by atoms with van der Waals surface area (Å²) in [5, 5.41) is 11.0. The van der Waals surface area contributed by atoms with Gasteiger partial charge in [-0.3, -0.25) is 19.9 Å². The average molecular weight is 354 g/mol. The molecule has 134 valence electrons. The van der Waals surface area contributed by atoms with Crippen LogP contribution in [0.15, 0.2) is 23.3 Å². The molecule has 1 aliphatic heterocycles. The topological polar surface area (TPSA) is 133 Å². The molecule has 0 atom stereocenters. The Morgan fingerprint density at radius 1 is 1.27 bits per heavy atom. The van der Waals surface area contributed by atoms with Crippen molar-refractivity contribution in [2.75, 3.05) is 23.3 Å². The van der Waals surface area contributed by atoms with Gasteiger partial charge in [0.1, 0.15) is 0 Å². The molecule has 0 aromatic carbocycles. The van der Waals surface area contributed by atoms with Crippen molar-refractivity contribution in [2.45, 2.75) is 19.8 Å². The van der Waals surface area contributed by atoms with E-state index in [1.807, 2.05) is 19.1 Å². The van der Waals surface area contributed by atoms with Crippen LogP contribution >= 0.6 is 0 Å². The van der Waals surface area contributed by atoms with Gasteiger partial charge in [-0.05, 0) is 31.9 Å². The number of hydrogen-bond donors (Lipinski definition) is 3.